The van der Waals surface area contributed by atoms with Gasteiger partial charge in [0.25, 0.3) is 0 Å². The fourth-order valence-corrected chi connectivity index (χ4v) is 16.9. The van der Waals surface area contributed by atoms with Crippen LogP contribution in [0.15, 0.2) is 164 Å². The Balaban J connectivity index is 0.000000250. The lowest BCUT2D eigenvalue weighted by Gasteiger charge is -2.29. The number of carboxylic acid groups (broad SMARTS) is 1. The number of carboxylic acids is 1. The molecule has 6 aromatic rings. The third kappa shape index (κ3) is 35.9. The Morgan fingerprint density at radius 1 is 0.543 bits per heavy atom. The maximum Gasteiger partial charge on any atom is 0.407 e. The first-order chi connectivity index (χ1) is 60.0. The number of fused-ring (bicyclic) bond motifs is 1. The van der Waals surface area contributed by atoms with Crippen molar-refractivity contribution >= 4 is 135 Å². The van der Waals surface area contributed by atoms with Gasteiger partial charge in [0.15, 0.2) is 11.4 Å². The highest BCUT2D eigenvalue weighted by Crippen LogP contribution is 2.35. The van der Waals surface area contributed by atoms with Gasteiger partial charge in [0, 0.05) is 90.8 Å². The first-order valence-electron chi connectivity index (χ1n) is 40.7. The molecule has 1 aromatic heterocycles. The number of methoxy groups -OCH3 is 2. The molecule has 7 N–H and O–H groups in total. The van der Waals surface area contributed by atoms with Gasteiger partial charge in [-0.3, -0.25) is 24.0 Å². The Kier molecular flexibility index (Phi) is 41.8. The Morgan fingerprint density at radius 2 is 0.921 bits per heavy atom. The van der Waals surface area contributed by atoms with Gasteiger partial charge in [-0.25, -0.2) is 58.8 Å². The maximum atomic E-state index is 14.3. The number of Topliss-reactive ketones (excluding diaryl/α,β-unsaturated/α-hetero) is 1. The number of aliphatic carboxylic acids is 1. The average Bonchev–Trinajstić information content (AvgIpc) is 1.67. The molecule has 40 heteroatoms. The number of halogens is 4. The summed E-state index contributed by atoms with van der Waals surface area (Å²) in [6, 6.07) is 29.5. The lowest BCUT2D eigenvalue weighted by molar-refractivity contribution is -0.151. The average molecular weight is 1910 g/mol. The van der Waals surface area contributed by atoms with Gasteiger partial charge in [-0.1, -0.05) is 132 Å². The van der Waals surface area contributed by atoms with Crippen LogP contribution in [0.1, 0.15) is 126 Å². The fourth-order valence-electron chi connectivity index (χ4n) is 14.2. The van der Waals surface area contributed by atoms with Gasteiger partial charge in [0.05, 0.1) is 89.9 Å². The van der Waals surface area contributed by atoms with E-state index in [2.05, 4.69) is 54.3 Å². The maximum absolute atomic E-state index is 14.3. The topological polar surface area (TPSA) is 440 Å². The van der Waals surface area contributed by atoms with Crippen molar-refractivity contribution in [3.05, 3.63) is 208 Å². The number of aromatic nitrogens is 1. The van der Waals surface area contributed by atoms with Crippen molar-refractivity contribution in [1.82, 2.24) is 44.5 Å². The van der Waals surface area contributed by atoms with E-state index in [4.69, 9.17) is 79.2 Å². The predicted molar refractivity (Wildman–Crippen MR) is 478 cm³/mol. The third-order valence-corrected chi connectivity index (χ3v) is 23.4. The van der Waals surface area contributed by atoms with Crippen molar-refractivity contribution in [3.8, 4) is 0 Å². The molecule has 13 atom stereocenters. The van der Waals surface area contributed by atoms with E-state index in [1.54, 1.807) is 93.6 Å². The molecule has 5 heterocycles. The normalized spacial score (nSPS) is 19.9. The molecule has 10 rings (SSSR count). The number of benzene rings is 5. The van der Waals surface area contributed by atoms with Crippen LogP contribution in [0.3, 0.4) is 0 Å². The zero-order valence-corrected chi connectivity index (χ0v) is 77.4. The predicted octanol–water partition coefficient (Wildman–Crippen LogP) is 10.1. The number of likely N-dealkylation sites (tertiary alicyclic amines) is 3. The van der Waals surface area contributed by atoms with Gasteiger partial charge in [-0.15, -0.1) is 19.7 Å². The standard InChI is InChI=1S/C37H49ClN4O9S.C19H25ClN2O6S.C18H23ClN2O6S.C13H16ClNO3/c1-6-11-29(41-52(5,47)48)35(45)42-22-27(49-23-24-15-17-26(38)18-16-24)21-30(42)31(43)20-25(12-9-10-19-39-36(46)51-37(2,3)4)33(44)34-40-28-13-7-8-14-32(28)50-34;1-4-5-16(21-29(3,25)26)18(23)22-11-15(10-17(22)19(24)27-2)28-12-13-6-8-14(20)9-7-13;1-3-4-15(20-28(2,25)26)17(22)21-10-14(9-16(21)18(23)24)27-11-12-5-7-13(19)8-6-12;1-17-13(16)12-6-11(7-15-12)18-8-9-2-4-10(14)5-3-9/h6-8,13-18,25,27,29-30,33,41,44H,1,9-12,19-23H2,2-5H3,(H,39,46);4,6-9,15-17,21H,1,5,10-12H2,2-3H3;3,5-8,14-16,20H,1,4,9-11H2,2H3,(H,23,24);2-5,11-12,15H,6-8H2,1H3/t25-,27-,29-,30+,33?;15-,16-,17+;14-,15-,16+;11-,12+/m1111/s1. The first-order valence-corrected chi connectivity index (χ1v) is 47.9. The van der Waals surface area contributed by atoms with E-state index in [-0.39, 0.29) is 114 Å². The van der Waals surface area contributed by atoms with Gasteiger partial charge in [-0.05, 0) is 136 Å². The molecule has 696 valence electrons. The second-order valence-electron chi connectivity index (χ2n) is 31.8. The van der Waals surface area contributed by atoms with Gasteiger partial charge in [-0.2, -0.15) is 0 Å². The molecule has 0 spiro atoms. The van der Waals surface area contributed by atoms with Crippen molar-refractivity contribution < 1.29 is 111 Å². The summed E-state index contributed by atoms with van der Waals surface area (Å²) in [4.78, 5) is 110. The number of ketones is 1. The number of unbranched alkanes of at least 4 members (excludes halogenated alkanes) is 1. The minimum atomic E-state index is -3.78. The largest absolute Gasteiger partial charge is 0.480 e. The minimum absolute atomic E-state index is 0.00993. The number of hydrogen-bond acceptors (Lipinski definition) is 25. The molecule has 4 fully saturated rings. The number of hydrogen-bond donors (Lipinski definition) is 7. The molecule has 1 unspecified atom stereocenters. The second kappa shape index (κ2) is 50.4. The summed E-state index contributed by atoms with van der Waals surface area (Å²) in [6.45, 7) is 18.6. The molecule has 0 radical (unpaired) electrons. The lowest BCUT2D eigenvalue weighted by Crippen LogP contribution is -2.51. The van der Waals surface area contributed by atoms with E-state index in [1.807, 2.05) is 48.5 Å². The molecular weight excluding hydrogens is 1790 g/mol. The molecule has 4 aliphatic rings. The first kappa shape index (κ1) is 105. The third-order valence-electron chi connectivity index (χ3n) is 20.3. The summed E-state index contributed by atoms with van der Waals surface area (Å²) in [5, 5.41) is 29.4. The Labute approximate surface area is 761 Å². The Hall–Kier alpha value is -8.80. The summed E-state index contributed by atoms with van der Waals surface area (Å²) in [6.07, 6.45) is 6.64. The monoisotopic (exact) mass is 1900 g/mol. The van der Waals surface area contributed by atoms with Gasteiger partial charge < -0.3 is 73.1 Å². The quantitative estimate of drug-likeness (QED) is 0.00813. The molecule has 0 bridgehead atoms. The van der Waals surface area contributed by atoms with Gasteiger partial charge >= 0.3 is 24.0 Å². The minimum Gasteiger partial charge on any atom is -0.480 e. The highest BCUT2D eigenvalue weighted by atomic mass is 35.5. The summed E-state index contributed by atoms with van der Waals surface area (Å²) >= 11 is 23.5. The van der Waals surface area contributed by atoms with Crippen molar-refractivity contribution in [2.24, 2.45) is 5.92 Å². The highest BCUT2D eigenvalue weighted by molar-refractivity contribution is 7.89. The molecule has 5 aromatic carbocycles. The zero-order valence-electron chi connectivity index (χ0n) is 71.9. The van der Waals surface area contributed by atoms with E-state index in [0.717, 1.165) is 45.9 Å². The van der Waals surface area contributed by atoms with Gasteiger partial charge in [0.2, 0.25) is 53.7 Å². The summed E-state index contributed by atoms with van der Waals surface area (Å²) < 4.78 is 122. The van der Waals surface area contributed by atoms with Crippen molar-refractivity contribution in [2.75, 3.05) is 65.7 Å². The van der Waals surface area contributed by atoms with Crippen LogP contribution in [-0.4, -0.2) is 241 Å². The molecule has 127 heavy (non-hydrogen) atoms. The smallest absolute Gasteiger partial charge is 0.407 e. The van der Waals surface area contributed by atoms with Crippen LogP contribution in [0.2, 0.25) is 20.1 Å². The number of esters is 2. The highest BCUT2D eigenvalue weighted by Gasteiger charge is 2.47. The summed E-state index contributed by atoms with van der Waals surface area (Å²) in [7, 11) is -8.43. The number of nitrogens with zero attached hydrogens (tertiary/aromatic N) is 4. The van der Waals surface area contributed by atoms with Crippen LogP contribution < -0.4 is 24.8 Å². The molecular formula is C87H113Cl4N9O24S3. The molecule has 4 amide bonds. The van der Waals surface area contributed by atoms with Crippen molar-refractivity contribution in [2.45, 2.75) is 196 Å². The number of nitrogens with one attached hydrogen (secondary N) is 5. The fraction of sp³-hybridized carbons (Fsp3) is 0.483. The number of ether oxygens (including phenoxy) is 7. The number of oxazole rings is 1. The zero-order chi connectivity index (χ0) is 93.5. The number of carbonyl (C=O) groups excluding carboxylic acids is 7. The number of para-hydroxylation sites is 2. The van der Waals surface area contributed by atoms with E-state index in [1.165, 1.54) is 42.2 Å². The van der Waals surface area contributed by atoms with E-state index >= 15 is 0 Å². The number of sulfonamides is 3. The number of amides is 4. The Morgan fingerprint density at radius 3 is 1.30 bits per heavy atom. The lowest BCUT2D eigenvalue weighted by atomic mass is 9.88. The van der Waals surface area contributed by atoms with E-state index in [0.29, 0.717) is 76.6 Å². The van der Waals surface area contributed by atoms with Crippen LogP contribution in [0, 0.1) is 5.92 Å². The number of aliphatic hydroxyl groups excluding tert-OH is 1. The molecule has 0 saturated carbocycles. The molecule has 0 aliphatic carbocycles. The number of carbonyl (C=O) groups is 8. The van der Waals surface area contributed by atoms with Crippen LogP contribution in [0.25, 0.3) is 11.1 Å². The Bertz CT molecular complexity index is 5000. The summed E-state index contributed by atoms with van der Waals surface area (Å²) in [5.41, 5.74) is 4.10. The van der Waals surface area contributed by atoms with Crippen LogP contribution in [0.5, 0.6) is 0 Å². The summed E-state index contributed by atoms with van der Waals surface area (Å²) in [5.74, 6) is -4.61. The van der Waals surface area contributed by atoms with Crippen LogP contribution in [-0.2, 0) is 123 Å². The van der Waals surface area contributed by atoms with Crippen LogP contribution >= 0.6 is 46.4 Å². The number of rotatable bonds is 40. The van der Waals surface area contributed by atoms with Crippen molar-refractivity contribution in [3.63, 3.8) is 0 Å². The van der Waals surface area contributed by atoms with Crippen LogP contribution in [0.4, 0.5) is 4.79 Å². The molecule has 4 saturated heterocycles. The second-order valence-corrected chi connectivity index (χ2v) is 38.9. The van der Waals surface area contributed by atoms with E-state index < -0.39 is 138 Å². The van der Waals surface area contributed by atoms with E-state index in [9.17, 15) is 73.8 Å². The molecule has 4 aliphatic heterocycles. The SMILES string of the molecule is C=CC[C@@H](NS(C)(=O)=O)C(=O)N1C[C@H](OCc2ccc(Cl)cc2)C[C@H]1C(=O)C[C@@H](CCCCNC(=O)OC(C)(C)C)C(O)c1nc2ccccc2o1.C=CC[C@@H](NS(C)(=O)=O)C(=O)N1C[C@H](OCc2ccc(Cl)cc2)C[C@H]1C(=O)O.C=CC[C@@H](NS(C)(=O)=O)C(=O)N1C[C@H](OCc2ccc(Cl)cc2)C[C@H]1C(=O)OC.COC(=O)[C@@H]1C[C@@H](OCc2ccc(Cl)cc2)CN1. The molecule has 33 nitrogen and oxygen atoms in total. The number of alkyl carbamates (subject to hydrolysis) is 1. The van der Waals surface area contributed by atoms with Gasteiger partial charge in [0.1, 0.15) is 53.5 Å². The number of aliphatic hydroxyl groups is 1. The van der Waals surface area contributed by atoms with Crippen molar-refractivity contribution in [1.29, 1.82) is 0 Å².